The summed E-state index contributed by atoms with van der Waals surface area (Å²) in [5.74, 6) is -0.00247. The van der Waals surface area contributed by atoms with Gasteiger partial charge in [0, 0.05) is 18.3 Å². The molecule has 1 rings (SSSR count). The van der Waals surface area contributed by atoms with Crippen molar-refractivity contribution in [2.45, 2.75) is 19.9 Å². The first kappa shape index (κ1) is 13.5. The van der Waals surface area contributed by atoms with E-state index < -0.39 is 0 Å². The Balaban J connectivity index is 2.31. The van der Waals surface area contributed by atoms with Crippen molar-refractivity contribution in [1.82, 2.24) is 5.32 Å². The van der Waals surface area contributed by atoms with E-state index in [0.717, 1.165) is 5.69 Å². The molecule has 0 aliphatic carbocycles. The number of benzene rings is 1. The van der Waals surface area contributed by atoms with Gasteiger partial charge in [0.1, 0.15) is 0 Å². The summed E-state index contributed by atoms with van der Waals surface area (Å²) in [5.41, 5.74) is 0.922. The smallest absolute Gasteiger partial charge is 0.239 e. The van der Waals surface area contributed by atoms with Gasteiger partial charge in [-0.2, -0.15) is 0 Å². The summed E-state index contributed by atoms with van der Waals surface area (Å²) in [5, 5.41) is 14.8. The van der Waals surface area contributed by atoms with Gasteiger partial charge in [-0.15, -0.1) is 0 Å². The molecule has 94 valence electrons. The third kappa shape index (κ3) is 4.87. The zero-order valence-electron chi connectivity index (χ0n) is 10.3. The van der Waals surface area contributed by atoms with Crippen LogP contribution in [0.15, 0.2) is 30.3 Å². The van der Waals surface area contributed by atoms with E-state index in [0.29, 0.717) is 0 Å². The van der Waals surface area contributed by atoms with Gasteiger partial charge in [0.2, 0.25) is 5.91 Å². The molecule has 2 atom stereocenters. The Labute approximate surface area is 102 Å². The number of hydrogen-bond donors (Lipinski definition) is 3. The van der Waals surface area contributed by atoms with Gasteiger partial charge < -0.3 is 15.7 Å². The van der Waals surface area contributed by atoms with Crippen molar-refractivity contribution in [3.05, 3.63) is 30.3 Å². The number of amides is 1. The van der Waals surface area contributed by atoms with Crippen LogP contribution in [0.1, 0.15) is 13.8 Å². The molecular formula is C13H20N2O2. The molecular weight excluding hydrogens is 216 g/mol. The van der Waals surface area contributed by atoms with Crippen molar-refractivity contribution in [3.63, 3.8) is 0 Å². The highest BCUT2D eigenvalue weighted by atomic mass is 16.3. The van der Waals surface area contributed by atoms with Crippen LogP contribution in [0.3, 0.4) is 0 Å². The lowest BCUT2D eigenvalue weighted by molar-refractivity contribution is -0.120. The summed E-state index contributed by atoms with van der Waals surface area (Å²) in [6.07, 6.45) is 0. The normalized spacial score (nSPS) is 13.8. The lowest BCUT2D eigenvalue weighted by atomic mass is 10.1. The Bertz CT molecular complexity index is 341. The van der Waals surface area contributed by atoms with Crippen molar-refractivity contribution in [2.24, 2.45) is 5.92 Å². The Hall–Kier alpha value is -1.55. The SMILES string of the molecule is CC(CO)C(C)NC(=O)CNc1ccccc1. The highest BCUT2D eigenvalue weighted by molar-refractivity contribution is 5.80. The minimum Gasteiger partial charge on any atom is -0.396 e. The van der Waals surface area contributed by atoms with Crippen LogP contribution < -0.4 is 10.6 Å². The fourth-order valence-electron chi connectivity index (χ4n) is 1.34. The molecule has 0 bridgehead atoms. The Morgan fingerprint density at radius 2 is 1.94 bits per heavy atom. The largest absolute Gasteiger partial charge is 0.396 e. The molecule has 1 aromatic rings. The van der Waals surface area contributed by atoms with E-state index in [1.807, 2.05) is 44.2 Å². The molecule has 0 heterocycles. The van der Waals surface area contributed by atoms with E-state index in [-0.39, 0.29) is 31.0 Å². The first-order valence-corrected chi connectivity index (χ1v) is 5.82. The van der Waals surface area contributed by atoms with E-state index >= 15 is 0 Å². The van der Waals surface area contributed by atoms with E-state index in [2.05, 4.69) is 10.6 Å². The maximum atomic E-state index is 11.6. The molecule has 17 heavy (non-hydrogen) atoms. The van der Waals surface area contributed by atoms with Gasteiger partial charge in [0.05, 0.1) is 6.54 Å². The fraction of sp³-hybridized carbons (Fsp3) is 0.462. The summed E-state index contributed by atoms with van der Waals surface area (Å²) >= 11 is 0. The summed E-state index contributed by atoms with van der Waals surface area (Å²) in [7, 11) is 0. The lowest BCUT2D eigenvalue weighted by Gasteiger charge is -2.19. The second kappa shape index (κ2) is 6.91. The van der Waals surface area contributed by atoms with E-state index in [1.165, 1.54) is 0 Å². The zero-order valence-corrected chi connectivity index (χ0v) is 10.3. The molecule has 1 aromatic carbocycles. The second-order valence-corrected chi connectivity index (χ2v) is 4.24. The number of aliphatic hydroxyl groups excluding tert-OH is 1. The third-order valence-electron chi connectivity index (χ3n) is 2.76. The number of para-hydroxylation sites is 1. The number of rotatable bonds is 6. The first-order valence-electron chi connectivity index (χ1n) is 5.82. The molecule has 0 aromatic heterocycles. The maximum Gasteiger partial charge on any atom is 0.239 e. The highest BCUT2D eigenvalue weighted by Crippen LogP contribution is 2.04. The average molecular weight is 236 g/mol. The molecule has 0 saturated heterocycles. The molecule has 0 aliphatic rings. The van der Waals surface area contributed by atoms with Crippen LogP contribution >= 0.6 is 0 Å². The van der Waals surface area contributed by atoms with Crippen LogP contribution in [0.2, 0.25) is 0 Å². The molecule has 0 fully saturated rings. The topological polar surface area (TPSA) is 61.4 Å². The van der Waals surface area contributed by atoms with Gasteiger partial charge in [-0.3, -0.25) is 4.79 Å². The van der Waals surface area contributed by atoms with E-state index in [1.54, 1.807) is 0 Å². The van der Waals surface area contributed by atoms with Gasteiger partial charge in [-0.05, 0) is 25.0 Å². The van der Waals surface area contributed by atoms with Crippen LogP contribution in [0.4, 0.5) is 5.69 Å². The van der Waals surface area contributed by atoms with Crippen LogP contribution in [0.25, 0.3) is 0 Å². The van der Waals surface area contributed by atoms with Crippen LogP contribution in [-0.2, 0) is 4.79 Å². The Morgan fingerprint density at radius 1 is 1.29 bits per heavy atom. The zero-order chi connectivity index (χ0) is 12.7. The van der Waals surface area contributed by atoms with Gasteiger partial charge >= 0.3 is 0 Å². The summed E-state index contributed by atoms with van der Waals surface area (Å²) in [6.45, 7) is 4.11. The number of aliphatic hydroxyl groups is 1. The van der Waals surface area contributed by atoms with Crippen LogP contribution in [0.5, 0.6) is 0 Å². The fourth-order valence-corrected chi connectivity index (χ4v) is 1.34. The second-order valence-electron chi connectivity index (χ2n) is 4.24. The van der Waals surface area contributed by atoms with Crippen molar-refractivity contribution in [1.29, 1.82) is 0 Å². The van der Waals surface area contributed by atoms with E-state index in [9.17, 15) is 4.79 Å². The summed E-state index contributed by atoms with van der Waals surface area (Å²) in [6, 6.07) is 9.55. The van der Waals surface area contributed by atoms with Gasteiger partial charge in [0.15, 0.2) is 0 Å². The number of carbonyl (C=O) groups excluding carboxylic acids is 1. The highest BCUT2D eigenvalue weighted by Gasteiger charge is 2.13. The van der Waals surface area contributed by atoms with Gasteiger partial charge in [-0.25, -0.2) is 0 Å². The first-order chi connectivity index (χ1) is 8.13. The predicted octanol–water partition coefficient (Wildman–Crippen LogP) is 1.23. The quantitative estimate of drug-likeness (QED) is 0.696. The number of nitrogens with one attached hydrogen (secondary N) is 2. The monoisotopic (exact) mass is 236 g/mol. The van der Waals surface area contributed by atoms with Gasteiger partial charge in [-0.1, -0.05) is 25.1 Å². The maximum absolute atomic E-state index is 11.6. The molecule has 0 saturated carbocycles. The molecule has 0 spiro atoms. The minimum absolute atomic E-state index is 0.0231. The van der Waals surface area contributed by atoms with E-state index in [4.69, 9.17) is 5.11 Å². The minimum atomic E-state index is -0.0679. The molecule has 4 nitrogen and oxygen atoms in total. The molecule has 1 amide bonds. The van der Waals surface area contributed by atoms with Gasteiger partial charge in [0.25, 0.3) is 0 Å². The predicted molar refractivity (Wildman–Crippen MR) is 68.8 cm³/mol. The number of carbonyl (C=O) groups is 1. The van der Waals surface area contributed by atoms with Crippen molar-refractivity contribution in [3.8, 4) is 0 Å². The molecule has 4 heteroatoms. The van der Waals surface area contributed by atoms with Crippen molar-refractivity contribution >= 4 is 11.6 Å². The molecule has 2 unspecified atom stereocenters. The number of hydrogen-bond acceptors (Lipinski definition) is 3. The van der Waals surface area contributed by atoms with Crippen LogP contribution in [0, 0.1) is 5.92 Å². The lowest BCUT2D eigenvalue weighted by Crippen LogP contribution is -2.41. The Kier molecular flexibility index (Phi) is 5.49. The Morgan fingerprint density at radius 3 is 2.53 bits per heavy atom. The number of anilines is 1. The van der Waals surface area contributed by atoms with Crippen molar-refractivity contribution in [2.75, 3.05) is 18.5 Å². The summed E-state index contributed by atoms with van der Waals surface area (Å²) < 4.78 is 0. The van der Waals surface area contributed by atoms with Crippen LogP contribution in [-0.4, -0.2) is 30.2 Å². The standard InChI is InChI=1S/C13H20N2O2/c1-10(9-16)11(2)15-13(17)8-14-12-6-4-3-5-7-12/h3-7,10-11,14,16H,8-9H2,1-2H3,(H,15,17). The summed E-state index contributed by atoms with van der Waals surface area (Å²) in [4.78, 5) is 11.6. The molecule has 0 radical (unpaired) electrons. The molecule has 3 N–H and O–H groups in total. The molecule has 0 aliphatic heterocycles. The average Bonchev–Trinajstić information content (AvgIpc) is 2.36. The third-order valence-corrected chi connectivity index (χ3v) is 2.76. The van der Waals surface area contributed by atoms with Crippen molar-refractivity contribution < 1.29 is 9.90 Å².